The van der Waals surface area contributed by atoms with Crippen LogP contribution in [0.5, 0.6) is 0 Å². The number of aliphatic hydroxyl groups excluding tert-OH is 1. The molecule has 0 fully saturated rings. The van der Waals surface area contributed by atoms with Gasteiger partial charge in [0.05, 0.1) is 13.2 Å². The highest BCUT2D eigenvalue weighted by molar-refractivity contribution is 5.69. The van der Waals surface area contributed by atoms with Gasteiger partial charge in [-0.05, 0) is 77.0 Å². The van der Waals surface area contributed by atoms with Gasteiger partial charge < -0.3 is 14.6 Å². The van der Waals surface area contributed by atoms with Crippen molar-refractivity contribution in [1.82, 2.24) is 0 Å². The number of carbonyl (C=O) groups is 1. The van der Waals surface area contributed by atoms with E-state index in [-0.39, 0.29) is 19.2 Å². The first-order valence-corrected chi connectivity index (χ1v) is 20.4. The normalized spacial score (nSPS) is 13.0. The minimum atomic E-state index is -0.546. The maximum atomic E-state index is 12.2. The summed E-state index contributed by atoms with van der Waals surface area (Å²) < 4.78 is 11.1. The van der Waals surface area contributed by atoms with Crippen LogP contribution in [0.1, 0.15) is 187 Å². The predicted molar refractivity (Wildman–Crippen MR) is 209 cm³/mol. The predicted octanol–water partition coefficient (Wildman–Crippen LogP) is 13.3. The van der Waals surface area contributed by atoms with Gasteiger partial charge in [-0.2, -0.15) is 0 Å². The quantitative estimate of drug-likeness (QED) is 0.0406. The molecule has 0 aliphatic heterocycles. The van der Waals surface area contributed by atoms with E-state index in [0.29, 0.717) is 13.0 Å². The molecule has 278 valence electrons. The number of hydrogen-bond acceptors (Lipinski definition) is 4. The summed E-state index contributed by atoms with van der Waals surface area (Å²) in [5, 5.41) is 9.59. The van der Waals surface area contributed by atoms with Gasteiger partial charge >= 0.3 is 5.97 Å². The average Bonchev–Trinajstić information content (AvgIpc) is 3.09. The summed E-state index contributed by atoms with van der Waals surface area (Å²) in [6, 6.07) is 0. The van der Waals surface area contributed by atoms with Crippen molar-refractivity contribution in [2.24, 2.45) is 0 Å². The summed E-state index contributed by atoms with van der Waals surface area (Å²) in [5.41, 5.74) is 0. The maximum Gasteiger partial charge on any atom is 0.306 e. The van der Waals surface area contributed by atoms with E-state index in [2.05, 4.69) is 74.6 Å². The summed E-state index contributed by atoms with van der Waals surface area (Å²) in [4.78, 5) is 12.2. The van der Waals surface area contributed by atoms with Crippen molar-refractivity contribution < 1.29 is 19.4 Å². The Hall–Kier alpha value is -1.91. The van der Waals surface area contributed by atoms with Crippen LogP contribution in [-0.2, 0) is 14.3 Å². The van der Waals surface area contributed by atoms with Crippen LogP contribution in [0.15, 0.2) is 60.8 Å². The second-order valence-electron chi connectivity index (χ2n) is 13.3. The number of unbranched alkanes of at least 4 members (excludes halogenated alkanes) is 19. The van der Waals surface area contributed by atoms with E-state index in [9.17, 15) is 9.90 Å². The minimum absolute atomic E-state index is 0.181. The van der Waals surface area contributed by atoms with Crippen molar-refractivity contribution in [2.45, 2.75) is 193 Å². The molecule has 0 saturated heterocycles. The molecule has 4 nitrogen and oxygen atoms in total. The molecule has 0 heterocycles. The van der Waals surface area contributed by atoms with Crippen molar-refractivity contribution in [3.8, 4) is 0 Å². The molecule has 4 heteroatoms. The van der Waals surface area contributed by atoms with Gasteiger partial charge in [-0.1, -0.05) is 164 Å². The Morgan fingerprint density at radius 1 is 0.521 bits per heavy atom. The van der Waals surface area contributed by atoms with E-state index in [0.717, 1.165) is 57.8 Å². The molecule has 0 aliphatic carbocycles. The average molecular weight is 671 g/mol. The van der Waals surface area contributed by atoms with Crippen LogP contribution in [-0.4, -0.2) is 37.0 Å². The van der Waals surface area contributed by atoms with Gasteiger partial charge in [-0.3, -0.25) is 4.79 Å². The monoisotopic (exact) mass is 671 g/mol. The molecule has 0 rings (SSSR count). The molecule has 1 unspecified atom stereocenters. The van der Waals surface area contributed by atoms with E-state index in [4.69, 9.17) is 9.47 Å². The molecular weight excluding hydrogens is 592 g/mol. The highest BCUT2D eigenvalue weighted by Crippen LogP contribution is 2.12. The van der Waals surface area contributed by atoms with Gasteiger partial charge in [-0.25, -0.2) is 0 Å². The molecule has 0 saturated carbocycles. The van der Waals surface area contributed by atoms with Crippen molar-refractivity contribution in [3.05, 3.63) is 60.8 Å². The van der Waals surface area contributed by atoms with Gasteiger partial charge in [0.15, 0.2) is 0 Å². The standard InChI is InChI=1S/C44H78O4/c1-3-5-7-9-11-13-15-17-19-21-22-23-24-26-28-30-32-34-36-38-40-47-42-43(41-45)48-44(46)39-37-35-33-31-29-27-25-20-18-16-14-12-10-8-6-4-2/h5,7,11,13,17,19-20,22-23,25,43,45H,3-4,6,8-10,12,14-16,18,21,24,26-42H2,1-2H3/b7-5-,13-11-,19-17-,23-22-,25-20-. The lowest BCUT2D eigenvalue weighted by Crippen LogP contribution is -2.27. The largest absolute Gasteiger partial charge is 0.457 e. The third-order valence-corrected chi connectivity index (χ3v) is 8.58. The van der Waals surface area contributed by atoms with Crippen molar-refractivity contribution >= 4 is 5.97 Å². The summed E-state index contributed by atoms with van der Waals surface area (Å²) in [5.74, 6) is -0.215. The molecular formula is C44H78O4. The lowest BCUT2D eigenvalue weighted by Gasteiger charge is -2.15. The number of aliphatic hydroxyl groups is 1. The zero-order chi connectivity index (χ0) is 34.9. The zero-order valence-corrected chi connectivity index (χ0v) is 31.7. The fourth-order valence-electron chi connectivity index (χ4n) is 5.55. The molecule has 0 radical (unpaired) electrons. The molecule has 1 atom stereocenters. The third kappa shape index (κ3) is 38.5. The second-order valence-corrected chi connectivity index (χ2v) is 13.3. The van der Waals surface area contributed by atoms with Crippen LogP contribution in [0, 0.1) is 0 Å². The number of rotatable bonds is 37. The number of allylic oxidation sites excluding steroid dienone is 10. The van der Waals surface area contributed by atoms with Crippen molar-refractivity contribution in [3.63, 3.8) is 0 Å². The van der Waals surface area contributed by atoms with Gasteiger partial charge in [0.25, 0.3) is 0 Å². The lowest BCUT2D eigenvalue weighted by atomic mass is 10.1. The van der Waals surface area contributed by atoms with Crippen molar-refractivity contribution in [2.75, 3.05) is 19.8 Å². The summed E-state index contributed by atoms with van der Waals surface area (Å²) in [6.45, 7) is 5.20. The van der Waals surface area contributed by atoms with Crippen LogP contribution in [0.25, 0.3) is 0 Å². The molecule has 0 aliphatic rings. The minimum Gasteiger partial charge on any atom is -0.457 e. The van der Waals surface area contributed by atoms with Gasteiger partial charge in [0.1, 0.15) is 6.10 Å². The van der Waals surface area contributed by atoms with Gasteiger partial charge in [-0.15, -0.1) is 0 Å². The Labute approximate surface area is 298 Å². The van der Waals surface area contributed by atoms with Gasteiger partial charge in [0, 0.05) is 13.0 Å². The summed E-state index contributed by atoms with van der Waals surface area (Å²) >= 11 is 0. The highest BCUT2D eigenvalue weighted by Gasteiger charge is 2.13. The Bertz CT molecular complexity index is 794. The lowest BCUT2D eigenvalue weighted by molar-refractivity contribution is -0.154. The first-order chi connectivity index (χ1) is 23.7. The fourth-order valence-corrected chi connectivity index (χ4v) is 5.55. The maximum absolute atomic E-state index is 12.2. The molecule has 0 aromatic rings. The Kier molecular flexibility index (Phi) is 39.6. The number of esters is 1. The van der Waals surface area contributed by atoms with E-state index in [1.165, 1.54) is 109 Å². The molecule has 0 amide bonds. The van der Waals surface area contributed by atoms with Crippen LogP contribution < -0.4 is 0 Å². The summed E-state index contributed by atoms with van der Waals surface area (Å²) in [6.07, 6.45) is 54.1. The topological polar surface area (TPSA) is 55.8 Å². The highest BCUT2D eigenvalue weighted by atomic mass is 16.6. The van der Waals surface area contributed by atoms with E-state index >= 15 is 0 Å². The third-order valence-electron chi connectivity index (χ3n) is 8.58. The Morgan fingerprint density at radius 3 is 1.44 bits per heavy atom. The van der Waals surface area contributed by atoms with Crippen molar-refractivity contribution in [1.29, 1.82) is 0 Å². The van der Waals surface area contributed by atoms with Gasteiger partial charge in [0.2, 0.25) is 0 Å². The van der Waals surface area contributed by atoms with E-state index in [1.807, 2.05) is 0 Å². The Balaban J connectivity index is 3.49. The van der Waals surface area contributed by atoms with Crippen LogP contribution in [0.2, 0.25) is 0 Å². The molecule has 1 N–H and O–H groups in total. The molecule has 48 heavy (non-hydrogen) atoms. The zero-order valence-electron chi connectivity index (χ0n) is 31.7. The molecule has 0 bridgehead atoms. The SMILES string of the molecule is CC/C=C\C/C=C\C/C=C\C/C=C\CCCCCCCCCOCC(CO)OC(=O)CCCCCCC/C=C\CCCCCCCCC. The smallest absolute Gasteiger partial charge is 0.306 e. The summed E-state index contributed by atoms with van der Waals surface area (Å²) in [7, 11) is 0. The molecule has 0 aromatic heterocycles. The number of carbonyl (C=O) groups excluding carboxylic acids is 1. The van der Waals surface area contributed by atoms with Crippen LogP contribution in [0.4, 0.5) is 0 Å². The first kappa shape index (κ1) is 46.1. The van der Waals surface area contributed by atoms with E-state index in [1.54, 1.807) is 0 Å². The Morgan fingerprint density at radius 2 is 0.938 bits per heavy atom. The first-order valence-electron chi connectivity index (χ1n) is 20.4. The molecule has 0 spiro atoms. The molecule has 0 aromatic carbocycles. The van der Waals surface area contributed by atoms with Crippen LogP contribution >= 0.6 is 0 Å². The van der Waals surface area contributed by atoms with E-state index < -0.39 is 6.10 Å². The van der Waals surface area contributed by atoms with Crippen LogP contribution in [0.3, 0.4) is 0 Å². The fraction of sp³-hybridized carbons (Fsp3) is 0.750. The number of ether oxygens (including phenoxy) is 2. The number of hydrogen-bond donors (Lipinski definition) is 1. The second kappa shape index (κ2) is 41.3.